The third-order valence-corrected chi connectivity index (χ3v) is 4.77. The zero-order valence-electron chi connectivity index (χ0n) is 14.8. The number of rotatable bonds is 7. The average molecular weight is 342 g/mol. The molecule has 1 aliphatic heterocycles. The van der Waals surface area contributed by atoms with E-state index < -0.39 is 0 Å². The molecule has 0 amide bonds. The van der Waals surface area contributed by atoms with Crippen molar-refractivity contribution in [3.05, 3.63) is 54.1 Å². The van der Waals surface area contributed by atoms with Crippen LogP contribution in [0.25, 0.3) is 0 Å². The molecular weight excluding hydrogens is 315 g/mol. The van der Waals surface area contributed by atoms with Crippen LogP contribution >= 0.6 is 0 Å². The summed E-state index contributed by atoms with van der Waals surface area (Å²) in [4.78, 5) is 6.47. The zero-order chi connectivity index (χ0) is 17.5. The first-order valence-corrected chi connectivity index (χ1v) is 9.11. The highest BCUT2D eigenvalue weighted by Gasteiger charge is 2.19. The number of nitrogens with zero attached hydrogens (tertiary/aromatic N) is 2. The molecule has 1 aromatic carbocycles. The Kier molecular flexibility index (Phi) is 6.23. The second-order valence-corrected chi connectivity index (χ2v) is 6.67. The molecule has 2 heterocycles. The van der Waals surface area contributed by atoms with Gasteiger partial charge in [-0.15, -0.1) is 0 Å². The molecule has 1 fully saturated rings. The Morgan fingerprint density at radius 3 is 2.76 bits per heavy atom. The van der Waals surface area contributed by atoms with Gasteiger partial charge in [-0.3, -0.25) is 4.98 Å². The van der Waals surface area contributed by atoms with Crippen LogP contribution in [0, 0.1) is 12.7 Å². The van der Waals surface area contributed by atoms with Gasteiger partial charge < -0.3 is 15.5 Å². The van der Waals surface area contributed by atoms with Gasteiger partial charge in [-0.1, -0.05) is 0 Å². The standard InChI is InChI=1S/C20H27FN4/c1-16-14-17(21)5-6-20(16)25-12-7-18(8-13-25)23-10-3-11-24-19-4-2-9-22-15-19/h2,4-6,9,14-15,18,23-24H,3,7-8,10-13H2,1H3. The number of aromatic nitrogens is 1. The van der Waals surface area contributed by atoms with Crippen LogP contribution in [0.4, 0.5) is 15.8 Å². The smallest absolute Gasteiger partial charge is 0.123 e. The van der Waals surface area contributed by atoms with E-state index in [4.69, 9.17) is 0 Å². The maximum Gasteiger partial charge on any atom is 0.123 e. The fraction of sp³-hybridized carbons (Fsp3) is 0.450. The third kappa shape index (κ3) is 5.16. The minimum Gasteiger partial charge on any atom is -0.384 e. The van der Waals surface area contributed by atoms with Gasteiger partial charge in [0, 0.05) is 43.8 Å². The van der Waals surface area contributed by atoms with Crippen molar-refractivity contribution in [2.45, 2.75) is 32.2 Å². The Labute approximate surface area is 149 Å². The lowest BCUT2D eigenvalue weighted by molar-refractivity contribution is 0.414. The highest BCUT2D eigenvalue weighted by Crippen LogP contribution is 2.24. The van der Waals surface area contributed by atoms with E-state index in [1.54, 1.807) is 18.3 Å². The van der Waals surface area contributed by atoms with Crippen molar-refractivity contribution >= 4 is 11.4 Å². The van der Waals surface area contributed by atoms with Gasteiger partial charge in [-0.25, -0.2) is 4.39 Å². The molecule has 4 nitrogen and oxygen atoms in total. The summed E-state index contributed by atoms with van der Waals surface area (Å²) < 4.78 is 13.3. The minimum absolute atomic E-state index is 0.155. The lowest BCUT2D eigenvalue weighted by Crippen LogP contribution is -2.43. The van der Waals surface area contributed by atoms with Gasteiger partial charge in [0.25, 0.3) is 0 Å². The number of aryl methyl sites for hydroxylation is 1. The van der Waals surface area contributed by atoms with Crippen LogP contribution in [0.1, 0.15) is 24.8 Å². The van der Waals surface area contributed by atoms with Crippen LogP contribution in [0.3, 0.4) is 0 Å². The number of nitrogens with one attached hydrogen (secondary N) is 2. The molecule has 0 aliphatic carbocycles. The quantitative estimate of drug-likeness (QED) is 0.755. The SMILES string of the molecule is Cc1cc(F)ccc1N1CCC(NCCCNc2cccnc2)CC1. The second-order valence-electron chi connectivity index (χ2n) is 6.67. The lowest BCUT2D eigenvalue weighted by atomic mass is 10.0. The van der Waals surface area contributed by atoms with E-state index in [0.29, 0.717) is 6.04 Å². The molecule has 0 saturated carbocycles. The van der Waals surface area contributed by atoms with Crippen molar-refractivity contribution in [3.63, 3.8) is 0 Å². The molecule has 1 aliphatic rings. The van der Waals surface area contributed by atoms with Crippen molar-refractivity contribution in [1.29, 1.82) is 0 Å². The number of halogens is 1. The number of benzene rings is 1. The minimum atomic E-state index is -0.155. The zero-order valence-corrected chi connectivity index (χ0v) is 14.8. The molecule has 0 atom stereocenters. The number of hydrogen-bond donors (Lipinski definition) is 2. The van der Waals surface area contributed by atoms with Crippen LogP contribution in [0.2, 0.25) is 0 Å². The van der Waals surface area contributed by atoms with Crippen molar-refractivity contribution in [1.82, 2.24) is 10.3 Å². The Morgan fingerprint density at radius 1 is 1.20 bits per heavy atom. The summed E-state index contributed by atoms with van der Waals surface area (Å²) in [5.41, 5.74) is 3.26. The Balaban J connectivity index is 1.34. The van der Waals surface area contributed by atoms with E-state index in [1.165, 1.54) is 5.69 Å². The van der Waals surface area contributed by atoms with Crippen LogP contribution < -0.4 is 15.5 Å². The van der Waals surface area contributed by atoms with E-state index in [2.05, 4.69) is 20.5 Å². The molecule has 3 rings (SSSR count). The fourth-order valence-corrected chi connectivity index (χ4v) is 3.39. The molecule has 1 aromatic heterocycles. The number of piperidine rings is 1. The summed E-state index contributed by atoms with van der Waals surface area (Å²) in [7, 11) is 0. The van der Waals surface area contributed by atoms with Gasteiger partial charge in [-0.05, 0) is 68.6 Å². The molecule has 2 N–H and O–H groups in total. The first-order chi connectivity index (χ1) is 12.2. The summed E-state index contributed by atoms with van der Waals surface area (Å²) in [5, 5.41) is 7.04. The maximum atomic E-state index is 13.3. The first kappa shape index (κ1) is 17.7. The molecule has 5 heteroatoms. The monoisotopic (exact) mass is 342 g/mol. The predicted octanol–water partition coefficient (Wildman–Crippen LogP) is 3.59. The van der Waals surface area contributed by atoms with Crippen LogP contribution in [-0.2, 0) is 0 Å². The summed E-state index contributed by atoms with van der Waals surface area (Å²) in [6.07, 6.45) is 6.99. The highest BCUT2D eigenvalue weighted by atomic mass is 19.1. The molecule has 1 saturated heterocycles. The van der Waals surface area contributed by atoms with Gasteiger partial charge in [0.2, 0.25) is 0 Å². The summed E-state index contributed by atoms with van der Waals surface area (Å²) in [6, 6.07) is 9.64. The summed E-state index contributed by atoms with van der Waals surface area (Å²) in [6.45, 7) is 6.01. The maximum absolute atomic E-state index is 13.3. The van der Waals surface area contributed by atoms with Crippen molar-refractivity contribution in [2.24, 2.45) is 0 Å². The van der Waals surface area contributed by atoms with Gasteiger partial charge in [-0.2, -0.15) is 0 Å². The van der Waals surface area contributed by atoms with E-state index in [1.807, 2.05) is 31.3 Å². The molecule has 0 radical (unpaired) electrons. The molecule has 0 spiro atoms. The lowest BCUT2D eigenvalue weighted by Gasteiger charge is -2.35. The topological polar surface area (TPSA) is 40.2 Å². The van der Waals surface area contributed by atoms with E-state index >= 15 is 0 Å². The predicted molar refractivity (Wildman–Crippen MR) is 102 cm³/mol. The molecule has 25 heavy (non-hydrogen) atoms. The Hall–Kier alpha value is -2.14. The molecule has 0 bridgehead atoms. The number of anilines is 2. The average Bonchev–Trinajstić information content (AvgIpc) is 2.63. The van der Waals surface area contributed by atoms with Gasteiger partial charge >= 0.3 is 0 Å². The van der Waals surface area contributed by atoms with Gasteiger partial charge in [0.1, 0.15) is 5.82 Å². The van der Waals surface area contributed by atoms with E-state index in [-0.39, 0.29) is 5.82 Å². The number of hydrogen-bond acceptors (Lipinski definition) is 4. The molecule has 134 valence electrons. The largest absolute Gasteiger partial charge is 0.384 e. The second kappa shape index (κ2) is 8.81. The van der Waals surface area contributed by atoms with Crippen LogP contribution in [0.5, 0.6) is 0 Å². The van der Waals surface area contributed by atoms with Crippen molar-refractivity contribution < 1.29 is 4.39 Å². The van der Waals surface area contributed by atoms with Crippen molar-refractivity contribution in [3.8, 4) is 0 Å². The molecule has 2 aromatic rings. The van der Waals surface area contributed by atoms with Gasteiger partial charge in [0.05, 0.1) is 5.69 Å². The highest BCUT2D eigenvalue weighted by molar-refractivity contribution is 5.53. The Morgan fingerprint density at radius 2 is 2.04 bits per heavy atom. The van der Waals surface area contributed by atoms with E-state index in [0.717, 1.165) is 56.7 Å². The van der Waals surface area contributed by atoms with E-state index in [9.17, 15) is 4.39 Å². The van der Waals surface area contributed by atoms with Crippen molar-refractivity contribution in [2.75, 3.05) is 36.4 Å². The van der Waals surface area contributed by atoms with Crippen LogP contribution in [0.15, 0.2) is 42.7 Å². The normalized spacial score (nSPS) is 15.4. The fourth-order valence-electron chi connectivity index (χ4n) is 3.39. The summed E-state index contributed by atoms with van der Waals surface area (Å²) >= 11 is 0. The molecule has 0 unspecified atom stereocenters. The molecular formula is C20H27FN4. The number of pyridine rings is 1. The third-order valence-electron chi connectivity index (χ3n) is 4.77. The Bertz CT molecular complexity index is 654. The van der Waals surface area contributed by atoms with Gasteiger partial charge in [0.15, 0.2) is 0 Å². The first-order valence-electron chi connectivity index (χ1n) is 9.11. The van der Waals surface area contributed by atoms with Crippen LogP contribution in [-0.4, -0.2) is 37.2 Å². The summed E-state index contributed by atoms with van der Waals surface area (Å²) in [5.74, 6) is -0.155.